The Morgan fingerprint density at radius 2 is 2.18 bits per heavy atom. The van der Waals surface area contributed by atoms with Gasteiger partial charge in [0.1, 0.15) is 0 Å². The van der Waals surface area contributed by atoms with Crippen molar-refractivity contribution in [3.63, 3.8) is 0 Å². The fourth-order valence-corrected chi connectivity index (χ4v) is 1.77. The zero-order chi connectivity index (χ0) is 8.91. The predicted molar refractivity (Wildman–Crippen MR) is 53.0 cm³/mol. The van der Waals surface area contributed by atoms with Crippen LogP contribution in [0, 0.1) is 0 Å². The molecule has 64 valence electrons. The Morgan fingerprint density at radius 3 is 2.55 bits per heavy atom. The molecule has 0 radical (unpaired) electrons. The standard InChI is InChI=1S/C8H15ClOSi/c1-5-6-7-8(2)10-11(3,4)9/h5H,1-2,6-7H2,3-4H3. The van der Waals surface area contributed by atoms with E-state index < -0.39 is 7.63 Å². The van der Waals surface area contributed by atoms with Crippen LogP contribution < -0.4 is 0 Å². The molecule has 0 spiro atoms. The molecular weight excluding hydrogens is 176 g/mol. The lowest BCUT2D eigenvalue weighted by atomic mass is 10.3. The Labute approximate surface area is 74.5 Å². The topological polar surface area (TPSA) is 9.23 Å². The summed E-state index contributed by atoms with van der Waals surface area (Å²) in [7, 11) is -1.93. The summed E-state index contributed by atoms with van der Waals surface area (Å²) in [6.07, 6.45) is 3.57. The van der Waals surface area contributed by atoms with Crippen LogP contribution >= 0.6 is 11.1 Å². The molecule has 0 aromatic heterocycles. The Bertz CT molecular complexity index is 149. The third-order valence-corrected chi connectivity index (χ3v) is 2.02. The molecule has 0 aliphatic heterocycles. The maximum Gasteiger partial charge on any atom is 0.341 e. The maximum absolute atomic E-state index is 5.94. The summed E-state index contributed by atoms with van der Waals surface area (Å²) >= 11 is 5.94. The molecule has 0 heterocycles. The van der Waals surface area contributed by atoms with Crippen LogP contribution in [0.5, 0.6) is 0 Å². The van der Waals surface area contributed by atoms with Crippen LogP contribution in [0.15, 0.2) is 25.0 Å². The average Bonchev–Trinajstić information content (AvgIpc) is 1.79. The molecule has 0 N–H and O–H groups in total. The van der Waals surface area contributed by atoms with E-state index in [1.165, 1.54) is 0 Å². The molecule has 0 unspecified atom stereocenters. The lowest BCUT2D eigenvalue weighted by molar-refractivity contribution is 0.414. The molecule has 0 aliphatic carbocycles. The highest BCUT2D eigenvalue weighted by Crippen LogP contribution is 2.16. The van der Waals surface area contributed by atoms with E-state index in [9.17, 15) is 0 Å². The van der Waals surface area contributed by atoms with Crippen LogP contribution in [0.3, 0.4) is 0 Å². The van der Waals surface area contributed by atoms with E-state index in [1.807, 2.05) is 19.2 Å². The monoisotopic (exact) mass is 190 g/mol. The number of hydrogen-bond donors (Lipinski definition) is 0. The van der Waals surface area contributed by atoms with Gasteiger partial charge >= 0.3 is 7.63 Å². The van der Waals surface area contributed by atoms with Crippen molar-refractivity contribution in [2.24, 2.45) is 0 Å². The van der Waals surface area contributed by atoms with Crippen molar-refractivity contribution in [1.82, 2.24) is 0 Å². The minimum Gasteiger partial charge on any atom is -0.533 e. The molecular formula is C8H15ClOSi. The summed E-state index contributed by atoms with van der Waals surface area (Å²) in [4.78, 5) is 0. The van der Waals surface area contributed by atoms with E-state index in [2.05, 4.69) is 13.2 Å². The molecule has 0 atom stereocenters. The van der Waals surface area contributed by atoms with Crippen LogP contribution in [0.1, 0.15) is 12.8 Å². The van der Waals surface area contributed by atoms with Crippen LogP contribution in [0.2, 0.25) is 13.1 Å². The van der Waals surface area contributed by atoms with Gasteiger partial charge in [0.15, 0.2) is 0 Å². The molecule has 0 aromatic rings. The van der Waals surface area contributed by atoms with Crippen molar-refractivity contribution in [2.45, 2.75) is 25.9 Å². The summed E-state index contributed by atoms with van der Waals surface area (Å²) in [5, 5.41) is 0. The number of allylic oxidation sites excluding steroid dienone is 2. The first kappa shape index (κ1) is 10.8. The van der Waals surface area contributed by atoms with E-state index in [0.717, 1.165) is 18.6 Å². The van der Waals surface area contributed by atoms with Crippen LogP contribution in [-0.2, 0) is 4.43 Å². The van der Waals surface area contributed by atoms with Gasteiger partial charge in [-0.2, -0.15) is 0 Å². The molecule has 11 heavy (non-hydrogen) atoms. The van der Waals surface area contributed by atoms with Crippen LogP contribution in [-0.4, -0.2) is 7.63 Å². The van der Waals surface area contributed by atoms with E-state index in [4.69, 9.17) is 15.5 Å². The molecule has 1 nitrogen and oxygen atoms in total. The van der Waals surface area contributed by atoms with Gasteiger partial charge < -0.3 is 4.43 Å². The summed E-state index contributed by atoms with van der Waals surface area (Å²) in [6, 6.07) is 0. The molecule has 0 fully saturated rings. The van der Waals surface area contributed by atoms with Gasteiger partial charge in [0, 0.05) is 6.42 Å². The summed E-state index contributed by atoms with van der Waals surface area (Å²) in [5.74, 6) is 0.775. The van der Waals surface area contributed by atoms with Crippen molar-refractivity contribution in [1.29, 1.82) is 0 Å². The number of rotatable bonds is 5. The SMILES string of the molecule is C=CCCC(=C)O[Si](C)(C)Cl. The molecule has 0 saturated heterocycles. The summed E-state index contributed by atoms with van der Waals surface area (Å²) in [5.41, 5.74) is 0. The van der Waals surface area contributed by atoms with Crippen molar-refractivity contribution in [3.8, 4) is 0 Å². The highest BCUT2D eigenvalue weighted by Gasteiger charge is 2.20. The van der Waals surface area contributed by atoms with E-state index in [0.29, 0.717) is 0 Å². The fourth-order valence-electron chi connectivity index (χ4n) is 0.657. The average molecular weight is 191 g/mol. The quantitative estimate of drug-likeness (QED) is 0.280. The molecule has 0 bridgehead atoms. The van der Waals surface area contributed by atoms with Crippen molar-refractivity contribution < 1.29 is 4.43 Å². The van der Waals surface area contributed by atoms with Crippen molar-refractivity contribution in [2.75, 3.05) is 0 Å². The predicted octanol–water partition coefficient (Wildman–Crippen LogP) is 3.42. The minimum absolute atomic E-state index is 0.775. The first-order chi connectivity index (χ1) is 4.95. The minimum atomic E-state index is -1.93. The zero-order valence-corrected chi connectivity index (χ0v) is 8.95. The highest BCUT2D eigenvalue weighted by molar-refractivity contribution is 7.15. The largest absolute Gasteiger partial charge is 0.533 e. The summed E-state index contributed by atoms with van der Waals surface area (Å²) in [6.45, 7) is 11.2. The van der Waals surface area contributed by atoms with Crippen LogP contribution in [0.25, 0.3) is 0 Å². The Balaban J connectivity index is 3.61. The normalized spacial score (nSPS) is 10.8. The van der Waals surface area contributed by atoms with E-state index in [1.54, 1.807) is 0 Å². The van der Waals surface area contributed by atoms with Crippen LogP contribution in [0.4, 0.5) is 0 Å². The molecule has 0 aliphatic rings. The second-order valence-electron chi connectivity index (χ2n) is 2.83. The third kappa shape index (κ3) is 7.69. The van der Waals surface area contributed by atoms with Gasteiger partial charge in [-0.1, -0.05) is 12.7 Å². The first-order valence-corrected chi connectivity index (χ1v) is 7.54. The second kappa shape index (κ2) is 4.62. The Kier molecular flexibility index (Phi) is 4.53. The second-order valence-corrected chi connectivity index (χ2v) is 8.49. The van der Waals surface area contributed by atoms with Gasteiger partial charge in [-0.15, -0.1) is 17.7 Å². The number of halogens is 1. The van der Waals surface area contributed by atoms with Gasteiger partial charge in [-0.3, -0.25) is 0 Å². The Hall–Kier alpha value is -0.213. The Morgan fingerprint density at radius 1 is 1.64 bits per heavy atom. The van der Waals surface area contributed by atoms with Gasteiger partial charge in [0.2, 0.25) is 0 Å². The van der Waals surface area contributed by atoms with Crippen molar-refractivity contribution >= 4 is 18.7 Å². The molecule has 0 saturated carbocycles. The van der Waals surface area contributed by atoms with E-state index >= 15 is 0 Å². The van der Waals surface area contributed by atoms with Gasteiger partial charge in [-0.05, 0) is 19.5 Å². The molecule has 3 heteroatoms. The zero-order valence-electron chi connectivity index (χ0n) is 7.19. The number of hydrogen-bond acceptors (Lipinski definition) is 1. The summed E-state index contributed by atoms with van der Waals surface area (Å²) < 4.78 is 5.40. The fraction of sp³-hybridized carbons (Fsp3) is 0.500. The first-order valence-electron chi connectivity index (χ1n) is 3.62. The molecule has 0 amide bonds. The van der Waals surface area contributed by atoms with Crippen molar-refractivity contribution in [3.05, 3.63) is 25.0 Å². The lowest BCUT2D eigenvalue weighted by Gasteiger charge is -2.17. The van der Waals surface area contributed by atoms with Gasteiger partial charge in [0.25, 0.3) is 0 Å². The lowest BCUT2D eigenvalue weighted by Crippen LogP contribution is -2.21. The third-order valence-electron chi connectivity index (χ3n) is 1.01. The maximum atomic E-state index is 5.94. The van der Waals surface area contributed by atoms with Gasteiger partial charge in [0.05, 0.1) is 5.76 Å². The van der Waals surface area contributed by atoms with E-state index in [-0.39, 0.29) is 0 Å². The molecule has 0 rings (SSSR count). The smallest absolute Gasteiger partial charge is 0.341 e. The van der Waals surface area contributed by atoms with Gasteiger partial charge in [-0.25, -0.2) is 0 Å². The molecule has 0 aromatic carbocycles. The highest BCUT2D eigenvalue weighted by atomic mass is 35.6.